The summed E-state index contributed by atoms with van der Waals surface area (Å²) in [5, 5.41) is 8.61. The van der Waals surface area contributed by atoms with Gasteiger partial charge in [0.15, 0.2) is 16.6 Å². The number of rotatable bonds is 32. The molecular weight excluding hydrogens is 545 g/mol. The Kier molecular flexibility index (Phi) is 36.3. The average Bonchev–Trinajstić information content (AvgIpc) is 3.01. The second-order valence-electron chi connectivity index (χ2n) is 13.7. The predicted octanol–water partition coefficient (Wildman–Crippen LogP) is 14.4. The minimum absolute atomic E-state index is 0.372. The molecule has 0 aromatic carbocycles. The van der Waals surface area contributed by atoms with E-state index in [9.17, 15) is 0 Å². The van der Waals surface area contributed by atoms with Gasteiger partial charge in [-0.1, -0.05) is 196 Å². The third kappa shape index (κ3) is 26.7. The third-order valence-electron chi connectivity index (χ3n) is 9.36. The summed E-state index contributed by atoms with van der Waals surface area (Å²) in [6.45, 7) is 16.9. The zero-order valence-corrected chi connectivity index (χ0v) is 32.8. The lowest BCUT2D eigenvalue weighted by Crippen LogP contribution is -2.51. The van der Waals surface area contributed by atoms with Crippen molar-refractivity contribution in [2.45, 2.75) is 239 Å². The molecule has 0 aromatic rings. The molecule has 256 valence electrons. The van der Waals surface area contributed by atoms with Crippen LogP contribution in [0.5, 0.6) is 0 Å². The SMILES string of the molecule is CCCCCCCCCCCCCCO.CCCC[Si](CCCC)(CCCC)O[Si](CCCC)(CCCC)CCCC. The van der Waals surface area contributed by atoms with E-state index in [-0.39, 0.29) is 0 Å². The summed E-state index contributed by atoms with van der Waals surface area (Å²) in [6.07, 6.45) is 32.7. The summed E-state index contributed by atoms with van der Waals surface area (Å²) in [6, 6.07) is 8.68. The fourth-order valence-corrected chi connectivity index (χ4v) is 20.1. The van der Waals surface area contributed by atoms with Gasteiger partial charge in [-0.2, -0.15) is 0 Å². The lowest BCUT2D eigenvalue weighted by molar-refractivity contribution is 0.282. The zero-order chi connectivity index (χ0) is 31.6. The van der Waals surface area contributed by atoms with Crippen LogP contribution in [0, 0.1) is 0 Å². The minimum Gasteiger partial charge on any atom is -0.455 e. The maximum atomic E-state index is 8.61. The smallest absolute Gasteiger partial charge is 0.179 e. The second kappa shape index (κ2) is 34.2. The topological polar surface area (TPSA) is 29.5 Å². The molecule has 0 aromatic heterocycles. The van der Waals surface area contributed by atoms with Crippen molar-refractivity contribution in [2.75, 3.05) is 6.61 Å². The molecule has 0 aliphatic rings. The van der Waals surface area contributed by atoms with Crippen molar-refractivity contribution in [3.63, 3.8) is 0 Å². The highest BCUT2D eigenvalue weighted by atomic mass is 28.4. The number of aliphatic hydroxyl groups is 1. The first-order valence-corrected chi connectivity index (χ1v) is 24.9. The van der Waals surface area contributed by atoms with E-state index in [4.69, 9.17) is 9.22 Å². The van der Waals surface area contributed by atoms with E-state index in [0.717, 1.165) is 6.42 Å². The molecule has 0 saturated carbocycles. The largest absolute Gasteiger partial charge is 0.455 e. The number of hydrogen-bond donors (Lipinski definition) is 1. The van der Waals surface area contributed by atoms with Crippen molar-refractivity contribution in [3.05, 3.63) is 0 Å². The molecule has 0 fully saturated rings. The lowest BCUT2D eigenvalue weighted by atomic mass is 10.1. The molecule has 4 heteroatoms. The number of aliphatic hydroxyl groups excluding tert-OH is 1. The molecule has 0 spiro atoms. The van der Waals surface area contributed by atoms with Gasteiger partial charge in [0.05, 0.1) is 0 Å². The Balaban J connectivity index is 0. The van der Waals surface area contributed by atoms with E-state index in [2.05, 4.69) is 48.5 Å². The van der Waals surface area contributed by atoms with E-state index in [1.807, 2.05) is 0 Å². The molecule has 0 aliphatic heterocycles. The van der Waals surface area contributed by atoms with Gasteiger partial charge in [0.2, 0.25) is 0 Å². The molecule has 0 unspecified atom stereocenters. The zero-order valence-electron chi connectivity index (χ0n) is 30.8. The van der Waals surface area contributed by atoms with Gasteiger partial charge < -0.3 is 9.22 Å². The summed E-state index contributed by atoms with van der Waals surface area (Å²) in [5.41, 5.74) is 0. The minimum atomic E-state index is -1.58. The highest BCUT2D eigenvalue weighted by Crippen LogP contribution is 2.39. The molecule has 0 heterocycles. The first-order valence-electron chi connectivity index (χ1n) is 19.8. The standard InChI is InChI=1S/C24H54OSi2.C14H30O/c1-7-13-19-26(20-14-8-2,21-15-9-3)25-27(22-16-10-4,23-17-11-5)24-18-12-6;1-2-3-4-5-6-7-8-9-10-11-12-13-14-15/h7-24H2,1-6H3;15H,2-14H2,1H3. The van der Waals surface area contributed by atoms with Gasteiger partial charge in [0.25, 0.3) is 0 Å². The van der Waals surface area contributed by atoms with Crippen LogP contribution in [0.1, 0.15) is 203 Å². The number of hydrogen-bond acceptors (Lipinski definition) is 2. The Morgan fingerprint density at radius 2 is 0.524 bits per heavy atom. The summed E-state index contributed by atoms with van der Waals surface area (Å²) < 4.78 is 7.72. The van der Waals surface area contributed by atoms with Gasteiger partial charge in [-0.05, 0) is 42.7 Å². The van der Waals surface area contributed by atoms with E-state index in [0.29, 0.717) is 6.61 Å². The third-order valence-corrected chi connectivity index (χ3v) is 20.4. The summed E-state index contributed by atoms with van der Waals surface area (Å²) >= 11 is 0. The van der Waals surface area contributed by atoms with Gasteiger partial charge in [0.1, 0.15) is 0 Å². The van der Waals surface area contributed by atoms with E-state index < -0.39 is 16.6 Å². The van der Waals surface area contributed by atoms with Gasteiger partial charge in [-0.15, -0.1) is 0 Å². The Bertz CT molecular complexity index is 414. The second-order valence-corrected chi connectivity index (χ2v) is 22.3. The molecule has 42 heavy (non-hydrogen) atoms. The fraction of sp³-hybridized carbons (Fsp3) is 1.00. The van der Waals surface area contributed by atoms with Crippen LogP contribution in [-0.2, 0) is 4.12 Å². The molecule has 0 saturated heterocycles. The monoisotopic (exact) mass is 629 g/mol. The summed E-state index contributed by atoms with van der Waals surface area (Å²) in [4.78, 5) is 0. The number of unbranched alkanes of at least 4 members (excludes halogenated alkanes) is 17. The van der Waals surface area contributed by atoms with Crippen LogP contribution in [0.25, 0.3) is 0 Å². The van der Waals surface area contributed by atoms with Crippen LogP contribution in [-0.4, -0.2) is 28.3 Å². The molecule has 0 aliphatic carbocycles. The Labute approximate surface area is 270 Å². The Morgan fingerprint density at radius 1 is 0.310 bits per heavy atom. The van der Waals surface area contributed by atoms with Crippen LogP contribution in [0.3, 0.4) is 0 Å². The van der Waals surface area contributed by atoms with Gasteiger partial charge in [0, 0.05) is 6.61 Å². The van der Waals surface area contributed by atoms with Crippen LogP contribution >= 0.6 is 0 Å². The molecule has 0 amide bonds. The van der Waals surface area contributed by atoms with E-state index in [1.165, 1.54) is 184 Å². The highest BCUT2D eigenvalue weighted by Gasteiger charge is 2.43. The van der Waals surface area contributed by atoms with Crippen molar-refractivity contribution < 1.29 is 9.22 Å². The first kappa shape index (κ1) is 44.5. The predicted molar refractivity (Wildman–Crippen MR) is 199 cm³/mol. The van der Waals surface area contributed by atoms with Gasteiger partial charge in [-0.25, -0.2) is 0 Å². The summed E-state index contributed by atoms with van der Waals surface area (Å²) in [7, 11) is -3.16. The van der Waals surface area contributed by atoms with Gasteiger partial charge >= 0.3 is 0 Å². The van der Waals surface area contributed by atoms with Crippen molar-refractivity contribution in [3.8, 4) is 0 Å². The van der Waals surface area contributed by atoms with Crippen LogP contribution in [0.15, 0.2) is 0 Å². The van der Waals surface area contributed by atoms with E-state index in [1.54, 1.807) is 0 Å². The maximum Gasteiger partial charge on any atom is 0.179 e. The average molecular weight is 629 g/mol. The molecule has 1 N–H and O–H groups in total. The highest BCUT2D eigenvalue weighted by molar-refractivity contribution is 6.87. The van der Waals surface area contributed by atoms with Crippen molar-refractivity contribution in [1.29, 1.82) is 0 Å². The molecule has 0 bridgehead atoms. The molecule has 0 rings (SSSR count). The lowest BCUT2D eigenvalue weighted by Gasteiger charge is -2.43. The Morgan fingerprint density at radius 3 is 0.738 bits per heavy atom. The van der Waals surface area contributed by atoms with Crippen molar-refractivity contribution >= 4 is 16.6 Å². The van der Waals surface area contributed by atoms with Crippen LogP contribution in [0.2, 0.25) is 36.3 Å². The normalized spacial score (nSPS) is 12.0. The van der Waals surface area contributed by atoms with Crippen LogP contribution in [0.4, 0.5) is 0 Å². The molecular formula is C38H84O2Si2. The molecule has 2 nitrogen and oxygen atoms in total. The molecule has 0 radical (unpaired) electrons. The van der Waals surface area contributed by atoms with Crippen LogP contribution < -0.4 is 0 Å². The first-order chi connectivity index (χ1) is 20.5. The van der Waals surface area contributed by atoms with E-state index >= 15 is 0 Å². The Hall–Kier alpha value is 0.354. The van der Waals surface area contributed by atoms with Crippen molar-refractivity contribution in [2.24, 2.45) is 0 Å². The quantitative estimate of drug-likeness (QED) is 0.0593. The summed E-state index contributed by atoms with van der Waals surface area (Å²) in [5.74, 6) is 0. The van der Waals surface area contributed by atoms with Crippen molar-refractivity contribution in [1.82, 2.24) is 0 Å². The van der Waals surface area contributed by atoms with Gasteiger partial charge in [-0.3, -0.25) is 0 Å². The fourth-order valence-electron chi connectivity index (χ4n) is 6.46. The molecule has 0 atom stereocenters. The maximum absolute atomic E-state index is 8.61.